The van der Waals surface area contributed by atoms with Gasteiger partial charge in [0, 0.05) is 48.1 Å². The second kappa shape index (κ2) is 15.5. The van der Waals surface area contributed by atoms with E-state index >= 15 is 0 Å². The summed E-state index contributed by atoms with van der Waals surface area (Å²) >= 11 is 12.6. The average molecular weight is 655 g/mol. The van der Waals surface area contributed by atoms with Crippen molar-refractivity contribution in [1.29, 1.82) is 0 Å². The summed E-state index contributed by atoms with van der Waals surface area (Å²) in [6, 6.07) is 15.9. The lowest BCUT2D eigenvalue weighted by Gasteiger charge is -2.33. The first-order chi connectivity index (χ1) is 20.3. The molecule has 2 atom stereocenters. The number of sulfonamides is 1. The van der Waals surface area contributed by atoms with Gasteiger partial charge in [0.1, 0.15) is 6.04 Å². The number of amides is 2. The molecule has 12 heteroatoms. The van der Waals surface area contributed by atoms with E-state index in [1.54, 1.807) is 18.2 Å². The number of rotatable bonds is 14. The van der Waals surface area contributed by atoms with Gasteiger partial charge in [-0.1, -0.05) is 66.5 Å². The lowest BCUT2D eigenvalue weighted by molar-refractivity contribution is -0.141. The van der Waals surface area contributed by atoms with Gasteiger partial charge in [0.25, 0.3) is 0 Å². The largest absolute Gasteiger partial charge is 0.352 e. The van der Waals surface area contributed by atoms with Crippen molar-refractivity contribution in [3.05, 3.63) is 99.5 Å². The van der Waals surface area contributed by atoms with Gasteiger partial charge >= 0.3 is 0 Å². The highest BCUT2D eigenvalue weighted by Gasteiger charge is 2.31. The number of nitrogens with zero attached hydrogens (tertiary/aromatic N) is 2. The Morgan fingerprint density at radius 2 is 1.67 bits per heavy atom. The fourth-order valence-corrected chi connectivity index (χ4v) is 5.90. The van der Waals surface area contributed by atoms with Crippen LogP contribution in [0.25, 0.3) is 0 Å². The van der Waals surface area contributed by atoms with Gasteiger partial charge in [-0.25, -0.2) is 17.2 Å². The third-order valence-electron chi connectivity index (χ3n) is 6.97. The zero-order chi connectivity index (χ0) is 31.7. The molecule has 232 valence electrons. The van der Waals surface area contributed by atoms with Crippen LogP contribution in [0, 0.1) is 11.6 Å². The second-order valence-electron chi connectivity index (χ2n) is 10.3. The number of nitrogens with one attached hydrogen (secondary N) is 1. The van der Waals surface area contributed by atoms with E-state index < -0.39 is 33.6 Å². The number of carbonyl (C=O) groups excluding carboxylic acids is 2. The predicted octanol–water partition coefficient (Wildman–Crippen LogP) is 6.37. The maximum atomic E-state index is 13.9. The zero-order valence-corrected chi connectivity index (χ0v) is 26.5. The monoisotopic (exact) mass is 653 g/mol. The van der Waals surface area contributed by atoms with Gasteiger partial charge in [0.15, 0.2) is 11.6 Å². The van der Waals surface area contributed by atoms with Crippen LogP contribution in [0.2, 0.25) is 10.0 Å². The molecular weight excluding hydrogens is 619 g/mol. The fraction of sp³-hybridized carbons (Fsp3) is 0.355. The van der Waals surface area contributed by atoms with Crippen LogP contribution in [-0.4, -0.2) is 50.0 Å². The second-order valence-corrected chi connectivity index (χ2v) is 13.1. The number of hydrogen-bond acceptors (Lipinski definition) is 4. The van der Waals surface area contributed by atoms with Crippen LogP contribution >= 0.6 is 23.2 Å². The Morgan fingerprint density at radius 3 is 2.28 bits per heavy atom. The van der Waals surface area contributed by atoms with Gasteiger partial charge < -0.3 is 10.2 Å². The summed E-state index contributed by atoms with van der Waals surface area (Å²) in [5.41, 5.74) is 1.36. The number of hydrogen-bond donors (Lipinski definition) is 1. The van der Waals surface area contributed by atoms with Gasteiger partial charge in [-0.15, -0.1) is 0 Å². The molecule has 0 radical (unpaired) electrons. The van der Waals surface area contributed by atoms with Crippen molar-refractivity contribution in [3.63, 3.8) is 0 Å². The molecule has 0 aliphatic heterocycles. The first-order valence-corrected chi connectivity index (χ1v) is 16.4. The molecule has 3 aromatic carbocycles. The Balaban J connectivity index is 1.93. The Bertz CT molecular complexity index is 1530. The van der Waals surface area contributed by atoms with E-state index in [0.29, 0.717) is 22.0 Å². The van der Waals surface area contributed by atoms with Crippen LogP contribution in [0.1, 0.15) is 44.2 Å². The van der Waals surface area contributed by atoms with Crippen molar-refractivity contribution >= 4 is 50.7 Å². The molecule has 0 saturated carbocycles. The lowest BCUT2D eigenvalue weighted by Crippen LogP contribution is -2.52. The molecule has 0 aromatic heterocycles. The maximum absolute atomic E-state index is 13.9. The van der Waals surface area contributed by atoms with Crippen LogP contribution in [0.15, 0.2) is 66.7 Å². The molecule has 1 N–H and O–H groups in total. The molecule has 0 fully saturated rings. The molecule has 0 unspecified atom stereocenters. The van der Waals surface area contributed by atoms with Crippen molar-refractivity contribution < 1.29 is 26.8 Å². The minimum absolute atomic E-state index is 0.000768. The van der Waals surface area contributed by atoms with E-state index in [-0.39, 0.29) is 50.0 Å². The SMILES string of the molecule is CC[C@@H](C)NC(=O)[C@H](Cc1ccccc1)N(Cc1ccc(Cl)cc1Cl)C(=O)CCCN(c1ccc(F)c(F)c1)S(C)(=O)=O. The molecule has 43 heavy (non-hydrogen) atoms. The molecule has 0 bridgehead atoms. The highest BCUT2D eigenvalue weighted by atomic mass is 35.5. The molecule has 3 aromatic rings. The minimum Gasteiger partial charge on any atom is -0.352 e. The lowest BCUT2D eigenvalue weighted by atomic mass is 10.0. The minimum atomic E-state index is -3.89. The summed E-state index contributed by atoms with van der Waals surface area (Å²) < 4.78 is 53.3. The van der Waals surface area contributed by atoms with Crippen molar-refractivity contribution in [2.45, 2.75) is 58.2 Å². The summed E-state index contributed by atoms with van der Waals surface area (Å²) in [6.07, 6.45) is 1.76. The summed E-state index contributed by atoms with van der Waals surface area (Å²) in [7, 11) is -3.89. The van der Waals surface area contributed by atoms with E-state index in [0.717, 1.165) is 34.3 Å². The Morgan fingerprint density at radius 1 is 0.977 bits per heavy atom. The Labute approximate surface area is 261 Å². The summed E-state index contributed by atoms with van der Waals surface area (Å²) in [5, 5.41) is 3.72. The Kier molecular flexibility index (Phi) is 12.4. The van der Waals surface area contributed by atoms with E-state index in [1.165, 1.54) is 4.90 Å². The predicted molar refractivity (Wildman–Crippen MR) is 167 cm³/mol. The van der Waals surface area contributed by atoms with Crippen LogP contribution in [0.3, 0.4) is 0 Å². The molecular formula is C31H35Cl2F2N3O4S. The summed E-state index contributed by atoms with van der Waals surface area (Å²) in [4.78, 5) is 29.0. The highest BCUT2D eigenvalue weighted by Crippen LogP contribution is 2.26. The van der Waals surface area contributed by atoms with Gasteiger partial charge in [0.05, 0.1) is 11.9 Å². The van der Waals surface area contributed by atoms with Crippen LogP contribution in [-0.2, 0) is 32.6 Å². The molecule has 7 nitrogen and oxygen atoms in total. The fourth-order valence-electron chi connectivity index (χ4n) is 4.47. The summed E-state index contributed by atoms with van der Waals surface area (Å²) in [6.45, 7) is 3.64. The molecule has 0 aliphatic carbocycles. The third kappa shape index (κ3) is 9.91. The number of benzene rings is 3. The molecule has 0 saturated heterocycles. The van der Waals surface area contributed by atoms with Gasteiger partial charge in [-0.3, -0.25) is 13.9 Å². The first-order valence-electron chi connectivity index (χ1n) is 13.8. The number of carbonyl (C=O) groups is 2. The van der Waals surface area contributed by atoms with E-state index in [2.05, 4.69) is 5.32 Å². The molecule has 0 aliphatic rings. The molecule has 3 rings (SSSR count). The number of anilines is 1. The van der Waals surface area contributed by atoms with Crippen molar-refractivity contribution in [2.24, 2.45) is 0 Å². The van der Waals surface area contributed by atoms with Crippen molar-refractivity contribution in [1.82, 2.24) is 10.2 Å². The van der Waals surface area contributed by atoms with Crippen molar-refractivity contribution in [2.75, 3.05) is 17.1 Å². The topological polar surface area (TPSA) is 86.8 Å². The van der Waals surface area contributed by atoms with Crippen LogP contribution < -0.4 is 9.62 Å². The van der Waals surface area contributed by atoms with E-state index in [4.69, 9.17) is 23.2 Å². The highest BCUT2D eigenvalue weighted by molar-refractivity contribution is 7.92. The molecule has 2 amide bonds. The number of halogens is 4. The quantitative estimate of drug-likeness (QED) is 0.219. The molecule has 0 heterocycles. The van der Waals surface area contributed by atoms with Crippen LogP contribution in [0.4, 0.5) is 14.5 Å². The zero-order valence-electron chi connectivity index (χ0n) is 24.2. The normalized spacial score (nSPS) is 12.8. The maximum Gasteiger partial charge on any atom is 0.243 e. The van der Waals surface area contributed by atoms with Gasteiger partial charge in [-0.05, 0) is 55.2 Å². The Hall–Kier alpha value is -3.21. The first kappa shape index (κ1) is 34.3. The average Bonchev–Trinajstić information content (AvgIpc) is 2.95. The smallest absolute Gasteiger partial charge is 0.243 e. The van der Waals surface area contributed by atoms with E-state index in [9.17, 15) is 26.8 Å². The summed E-state index contributed by atoms with van der Waals surface area (Å²) in [5.74, 6) is -3.05. The standard InChI is InChI=1S/C31H35Cl2F2N3O4S/c1-4-21(2)36-31(40)29(17-22-9-6-5-7-10-22)37(20-23-12-13-24(32)18-26(23)33)30(39)11-8-16-38(43(3,41)42)25-14-15-27(34)28(35)19-25/h5-7,9-10,12-15,18-19,21,29H,4,8,11,16-17,20H2,1-3H3,(H,36,40)/t21-,29+/m1/s1. The molecule has 0 spiro atoms. The van der Waals surface area contributed by atoms with E-state index in [1.807, 2.05) is 44.2 Å². The van der Waals surface area contributed by atoms with Crippen LogP contribution in [0.5, 0.6) is 0 Å². The van der Waals surface area contributed by atoms with Gasteiger partial charge in [-0.2, -0.15) is 0 Å². The van der Waals surface area contributed by atoms with Crippen molar-refractivity contribution in [3.8, 4) is 0 Å². The third-order valence-corrected chi connectivity index (χ3v) is 8.75. The van der Waals surface area contributed by atoms with Gasteiger partial charge in [0.2, 0.25) is 21.8 Å².